The van der Waals surface area contributed by atoms with Crippen LogP contribution < -0.4 is 16.0 Å². The molecule has 2 aromatic heterocycles. The van der Waals surface area contributed by atoms with Crippen LogP contribution in [-0.2, 0) is 10.2 Å². The third kappa shape index (κ3) is 3.95. The second kappa shape index (κ2) is 8.24. The average Bonchev–Trinajstić information content (AvgIpc) is 3.43. The van der Waals surface area contributed by atoms with Crippen LogP contribution in [0.4, 0.5) is 17.5 Å². The van der Waals surface area contributed by atoms with Gasteiger partial charge in [0.2, 0.25) is 0 Å². The van der Waals surface area contributed by atoms with Crippen molar-refractivity contribution >= 4 is 17.5 Å². The zero-order chi connectivity index (χ0) is 22.4. The van der Waals surface area contributed by atoms with E-state index in [1.165, 1.54) is 12.0 Å². The first-order valence-electron chi connectivity index (χ1n) is 12.1. The minimum atomic E-state index is -0.0558. The molecule has 5 heterocycles. The number of aromatic nitrogens is 2. The number of ether oxygens (including phenoxy) is 1. The fraction of sp³-hybridized carbons (Fsp3) is 0.560. The predicted molar refractivity (Wildman–Crippen MR) is 126 cm³/mol. The SMILES string of the molecule is N#Cc1ccnc(Nc2cc(C3(CN)CCN(C4COC4)CC3)cc(N3CC4CC4C3)n2)c1. The number of pyridine rings is 2. The molecule has 3 saturated heterocycles. The first-order valence-corrected chi connectivity index (χ1v) is 12.1. The van der Waals surface area contributed by atoms with Crippen molar-refractivity contribution in [3.05, 3.63) is 41.6 Å². The third-order valence-corrected chi connectivity index (χ3v) is 8.15. The molecule has 172 valence electrons. The summed E-state index contributed by atoms with van der Waals surface area (Å²) < 4.78 is 5.41. The van der Waals surface area contributed by atoms with Gasteiger partial charge in [0.15, 0.2) is 0 Å². The standard InChI is InChI=1S/C25H31N7O/c26-11-17-1-4-28-22(7-17)29-23-9-20(10-24(30-23)32-12-18-8-19(18)13-32)25(16-27)2-5-31(6-3-25)21-14-33-15-21/h1,4,7,9-10,18-19,21H,2-3,5-6,8,12-16,27H2,(H,28,29,30). The molecule has 3 aliphatic heterocycles. The van der Waals surface area contributed by atoms with E-state index < -0.39 is 0 Å². The Bertz CT molecular complexity index is 1060. The van der Waals surface area contributed by atoms with E-state index in [9.17, 15) is 5.26 Å². The van der Waals surface area contributed by atoms with Crippen LogP contribution in [0, 0.1) is 23.2 Å². The van der Waals surface area contributed by atoms with Gasteiger partial charge in [-0.1, -0.05) is 0 Å². The van der Waals surface area contributed by atoms with Crippen LogP contribution in [0.1, 0.15) is 30.4 Å². The largest absolute Gasteiger partial charge is 0.378 e. The fourth-order valence-electron chi connectivity index (χ4n) is 5.70. The molecule has 3 N–H and O–H groups in total. The van der Waals surface area contributed by atoms with Crippen molar-refractivity contribution in [1.29, 1.82) is 5.26 Å². The molecule has 0 amide bonds. The van der Waals surface area contributed by atoms with Crippen LogP contribution >= 0.6 is 0 Å². The van der Waals surface area contributed by atoms with Crippen molar-refractivity contribution in [3.63, 3.8) is 0 Å². The maximum Gasteiger partial charge on any atom is 0.134 e. The molecule has 2 unspecified atom stereocenters. The molecule has 0 spiro atoms. The quantitative estimate of drug-likeness (QED) is 0.698. The number of nitrogens with one attached hydrogen (secondary N) is 1. The van der Waals surface area contributed by atoms with Gasteiger partial charge in [0.25, 0.3) is 0 Å². The molecule has 2 aromatic rings. The van der Waals surface area contributed by atoms with Crippen molar-refractivity contribution < 1.29 is 4.74 Å². The lowest BCUT2D eigenvalue weighted by Gasteiger charge is -2.46. The van der Waals surface area contributed by atoms with Crippen LogP contribution in [0.3, 0.4) is 0 Å². The zero-order valence-corrected chi connectivity index (χ0v) is 18.9. The van der Waals surface area contributed by atoms with Gasteiger partial charge in [-0.25, -0.2) is 9.97 Å². The summed E-state index contributed by atoms with van der Waals surface area (Å²) >= 11 is 0. The second-order valence-electron chi connectivity index (χ2n) is 10.1. The summed E-state index contributed by atoms with van der Waals surface area (Å²) in [7, 11) is 0. The van der Waals surface area contributed by atoms with Gasteiger partial charge in [0.05, 0.1) is 30.9 Å². The number of hydrogen-bond acceptors (Lipinski definition) is 8. The topological polar surface area (TPSA) is 103 Å². The van der Waals surface area contributed by atoms with Crippen molar-refractivity contribution in [2.45, 2.75) is 30.7 Å². The van der Waals surface area contributed by atoms with Gasteiger partial charge in [-0.05, 0) is 74.0 Å². The molecule has 6 rings (SSSR count). The fourth-order valence-corrected chi connectivity index (χ4v) is 5.70. The Morgan fingerprint density at radius 1 is 1.15 bits per heavy atom. The predicted octanol–water partition coefficient (Wildman–Crippen LogP) is 2.24. The number of rotatable bonds is 6. The Kier molecular flexibility index (Phi) is 5.21. The van der Waals surface area contributed by atoms with Crippen LogP contribution in [0.5, 0.6) is 0 Å². The molecular formula is C25H31N7O. The molecule has 2 atom stereocenters. The highest BCUT2D eigenvalue weighted by Crippen LogP contribution is 2.47. The molecule has 1 saturated carbocycles. The lowest BCUT2D eigenvalue weighted by Crippen LogP contribution is -2.55. The normalized spacial score (nSPS) is 26.4. The summed E-state index contributed by atoms with van der Waals surface area (Å²) in [5.74, 6) is 4.10. The number of piperidine rings is 2. The number of nitriles is 1. The van der Waals surface area contributed by atoms with E-state index in [2.05, 4.69) is 38.3 Å². The van der Waals surface area contributed by atoms with E-state index in [1.54, 1.807) is 18.3 Å². The van der Waals surface area contributed by atoms with E-state index in [1.807, 2.05) is 0 Å². The Morgan fingerprint density at radius 3 is 2.61 bits per heavy atom. The Hall–Kier alpha value is -2.73. The zero-order valence-electron chi connectivity index (χ0n) is 18.9. The lowest BCUT2D eigenvalue weighted by atomic mass is 9.72. The summed E-state index contributed by atoms with van der Waals surface area (Å²) in [6, 6.07) is 10.7. The van der Waals surface area contributed by atoms with Gasteiger partial charge < -0.3 is 20.7 Å². The van der Waals surface area contributed by atoms with Crippen molar-refractivity contribution in [2.75, 3.05) is 56.2 Å². The maximum atomic E-state index is 9.25. The molecule has 4 fully saturated rings. The molecule has 4 aliphatic rings. The van der Waals surface area contributed by atoms with Gasteiger partial charge in [-0.2, -0.15) is 5.26 Å². The number of likely N-dealkylation sites (tertiary alicyclic amines) is 1. The minimum absolute atomic E-state index is 0.0558. The number of anilines is 3. The highest BCUT2D eigenvalue weighted by atomic mass is 16.5. The van der Waals surface area contributed by atoms with Gasteiger partial charge in [-0.15, -0.1) is 0 Å². The Morgan fingerprint density at radius 2 is 1.94 bits per heavy atom. The third-order valence-electron chi connectivity index (χ3n) is 8.15. The summed E-state index contributed by atoms with van der Waals surface area (Å²) in [5, 5.41) is 12.6. The maximum absolute atomic E-state index is 9.25. The van der Waals surface area contributed by atoms with E-state index in [0.717, 1.165) is 75.7 Å². The lowest BCUT2D eigenvalue weighted by molar-refractivity contribution is -0.0755. The molecule has 0 radical (unpaired) electrons. The van der Waals surface area contributed by atoms with E-state index >= 15 is 0 Å². The van der Waals surface area contributed by atoms with Crippen molar-refractivity contribution in [1.82, 2.24) is 14.9 Å². The van der Waals surface area contributed by atoms with Gasteiger partial charge >= 0.3 is 0 Å². The summed E-state index contributed by atoms with van der Waals surface area (Å²) in [4.78, 5) is 14.4. The first-order chi connectivity index (χ1) is 16.2. The molecule has 8 nitrogen and oxygen atoms in total. The molecular weight excluding hydrogens is 414 g/mol. The second-order valence-corrected chi connectivity index (χ2v) is 10.1. The number of hydrogen-bond donors (Lipinski definition) is 2. The number of nitrogens with zero attached hydrogens (tertiary/aromatic N) is 5. The first kappa shape index (κ1) is 20.8. The molecule has 33 heavy (non-hydrogen) atoms. The number of fused-ring (bicyclic) bond motifs is 1. The van der Waals surface area contributed by atoms with Crippen molar-refractivity contribution in [3.8, 4) is 6.07 Å². The highest BCUT2D eigenvalue weighted by molar-refractivity contribution is 5.60. The summed E-state index contributed by atoms with van der Waals surface area (Å²) in [6.45, 7) is 6.61. The summed E-state index contributed by atoms with van der Waals surface area (Å²) in [5.41, 5.74) is 8.25. The number of nitrogens with two attached hydrogens (primary N) is 1. The van der Waals surface area contributed by atoms with Crippen LogP contribution in [0.25, 0.3) is 0 Å². The van der Waals surface area contributed by atoms with Crippen LogP contribution in [-0.4, -0.2) is 66.8 Å². The van der Waals surface area contributed by atoms with Crippen molar-refractivity contribution in [2.24, 2.45) is 17.6 Å². The van der Waals surface area contributed by atoms with Gasteiger partial charge in [-0.3, -0.25) is 4.90 Å². The van der Waals surface area contributed by atoms with E-state index in [-0.39, 0.29) is 5.41 Å². The molecule has 8 heteroatoms. The van der Waals surface area contributed by atoms with Gasteiger partial charge in [0, 0.05) is 31.2 Å². The van der Waals surface area contributed by atoms with E-state index in [0.29, 0.717) is 24.0 Å². The molecule has 0 bridgehead atoms. The Labute approximate surface area is 194 Å². The Balaban J connectivity index is 1.31. The van der Waals surface area contributed by atoms with E-state index in [4.69, 9.17) is 15.5 Å². The minimum Gasteiger partial charge on any atom is -0.378 e. The van der Waals surface area contributed by atoms with Crippen LogP contribution in [0.2, 0.25) is 0 Å². The average molecular weight is 446 g/mol. The monoisotopic (exact) mass is 445 g/mol. The smallest absolute Gasteiger partial charge is 0.134 e. The molecule has 0 aromatic carbocycles. The summed E-state index contributed by atoms with van der Waals surface area (Å²) in [6.07, 6.45) is 5.09. The highest BCUT2D eigenvalue weighted by Gasteiger charge is 2.46. The van der Waals surface area contributed by atoms with Gasteiger partial charge in [0.1, 0.15) is 17.5 Å². The molecule has 1 aliphatic carbocycles. The van der Waals surface area contributed by atoms with Crippen LogP contribution in [0.15, 0.2) is 30.5 Å².